The van der Waals surface area contributed by atoms with Crippen molar-refractivity contribution < 1.29 is 9.47 Å². The molecule has 2 nitrogen and oxygen atoms in total. The van der Waals surface area contributed by atoms with Crippen LogP contribution in [0, 0.1) is 5.41 Å². The highest BCUT2D eigenvalue weighted by atomic mass is 79.9. The standard InChI is InChI=1S/C13H27BrO2/c1-4-7-13(11-14,8-5-2)12-16-10-6-9-15-3/h4-12H2,1-3H3. The van der Waals surface area contributed by atoms with Crippen LogP contribution in [0.2, 0.25) is 0 Å². The van der Waals surface area contributed by atoms with Crippen LogP contribution < -0.4 is 0 Å². The van der Waals surface area contributed by atoms with E-state index in [1.54, 1.807) is 7.11 Å². The van der Waals surface area contributed by atoms with E-state index in [0.29, 0.717) is 5.41 Å². The van der Waals surface area contributed by atoms with Gasteiger partial charge in [0.2, 0.25) is 0 Å². The van der Waals surface area contributed by atoms with Gasteiger partial charge in [0, 0.05) is 31.1 Å². The van der Waals surface area contributed by atoms with E-state index < -0.39 is 0 Å². The molecule has 0 aromatic carbocycles. The Hall–Kier alpha value is 0.400. The normalized spacial score (nSPS) is 12.0. The van der Waals surface area contributed by atoms with Crippen molar-refractivity contribution in [3.8, 4) is 0 Å². The largest absolute Gasteiger partial charge is 0.385 e. The second kappa shape index (κ2) is 10.5. The Labute approximate surface area is 109 Å². The predicted molar refractivity (Wildman–Crippen MR) is 73.4 cm³/mol. The summed E-state index contributed by atoms with van der Waals surface area (Å²) in [5.74, 6) is 0. The number of methoxy groups -OCH3 is 1. The predicted octanol–water partition coefficient (Wildman–Crippen LogP) is 4.02. The molecule has 0 rings (SSSR count). The molecule has 0 amide bonds. The molecular formula is C13H27BrO2. The second-order valence-corrected chi connectivity index (χ2v) is 5.09. The summed E-state index contributed by atoms with van der Waals surface area (Å²) in [5.41, 5.74) is 0.344. The molecule has 0 unspecified atom stereocenters. The van der Waals surface area contributed by atoms with E-state index in [9.17, 15) is 0 Å². The van der Waals surface area contributed by atoms with Crippen molar-refractivity contribution in [2.45, 2.75) is 46.0 Å². The molecule has 16 heavy (non-hydrogen) atoms. The van der Waals surface area contributed by atoms with Gasteiger partial charge in [-0.1, -0.05) is 42.6 Å². The maximum Gasteiger partial charge on any atom is 0.0530 e. The zero-order chi connectivity index (χ0) is 12.3. The number of halogens is 1. The van der Waals surface area contributed by atoms with Crippen LogP contribution in [-0.2, 0) is 9.47 Å². The average Bonchev–Trinajstić information content (AvgIpc) is 2.29. The lowest BCUT2D eigenvalue weighted by Crippen LogP contribution is -2.29. The zero-order valence-electron chi connectivity index (χ0n) is 11.1. The lowest BCUT2D eigenvalue weighted by atomic mass is 9.82. The van der Waals surface area contributed by atoms with Gasteiger partial charge in [0.25, 0.3) is 0 Å². The van der Waals surface area contributed by atoms with Gasteiger partial charge in [-0.15, -0.1) is 0 Å². The maximum absolute atomic E-state index is 5.79. The SMILES string of the molecule is CCCC(CBr)(CCC)COCCCOC. The summed E-state index contributed by atoms with van der Waals surface area (Å²) in [7, 11) is 1.73. The monoisotopic (exact) mass is 294 g/mol. The lowest BCUT2D eigenvalue weighted by Gasteiger charge is -2.31. The first-order valence-electron chi connectivity index (χ1n) is 6.37. The Morgan fingerprint density at radius 2 is 1.69 bits per heavy atom. The minimum atomic E-state index is 0.344. The first-order chi connectivity index (χ1) is 7.74. The van der Waals surface area contributed by atoms with E-state index in [4.69, 9.17) is 9.47 Å². The van der Waals surface area contributed by atoms with Crippen LogP contribution in [0.15, 0.2) is 0 Å². The molecule has 3 heteroatoms. The highest BCUT2D eigenvalue weighted by Gasteiger charge is 2.27. The molecule has 0 fully saturated rings. The smallest absolute Gasteiger partial charge is 0.0530 e. The van der Waals surface area contributed by atoms with Crippen molar-refractivity contribution in [3.63, 3.8) is 0 Å². The van der Waals surface area contributed by atoms with E-state index in [1.807, 2.05) is 0 Å². The van der Waals surface area contributed by atoms with Gasteiger partial charge in [-0.05, 0) is 19.3 Å². The molecule has 0 radical (unpaired) electrons. The number of hydrogen-bond acceptors (Lipinski definition) is 2. The van der Waals surface area contributed by atoms with Crippen LogP contribution in [0.3, 0.4) is 0 Å². The molecule has 0 saturated heterocycles. The van der Waals surface area contributed by atoms with Crippen molar-refractivity contribution >= 4 is 15.9 Å². The summed E-state index contributed by atoms with van der Waals surface area (Å²) >= 11 is 3.65. The topological polar surface area (TPSA) is 18.5 Å². The van der Waals surface area contributed by atoms with E-state index in [1.165, 1.54) is 25.7 Å². The molecule has 0 aliphatic carbocycles. The summed E-state index contributed by atoms with van der Waals surface area (Å²) in [6.07, 6.45) is 5.94. The molecule has 0 heterocycles. The summed E-state index contributed by atoms with van der Waals surface area (Å²) in [4.78, 5) is 0. The Morgan fingerprint density at radius 3 is 2.12 bits per heavy atom. The van der Waals surface area contributed by atoms with Crippen molar-refractivity contribution in [2.24, 2.45) is 5.41 Å². The van der Waals surface area contributed by atoms with E-state index in [-0.39, 0.29) is 0 Å². The van der Waals surface area contributed by atoms with E-state index in [2.05, 4.69) is 29.8 Å². The van der Waals surface area contributed by atoms with E-state index in [0.717, 1.165) is 31.6 Å². The third-order valence-electron chi connectivity index (χ3n) is 2.89. The second-order valence-electron chi connectivity index (χ2n) is 4.53. The van der Waals surface area contributed by atoms with Crippen molar-refractivity contribution in [3.05, 3.63) is 0 Å². The molecule has 0 spiro atoms. The van der Waals surface area contributed by atoms with Crippen LogP contribution >= 0.6 is 15.9 Å². The van der Waals surface area contributed by atoms with Gasteiger partial charge < -0.3 is 9.47 Å². The van der Waals surface area contributed by atoms with Gasteiger partial charge in [-0.25, -0.2) is 0 Å². The molecule has 98 valence electrons. The first kappa shape index (κ1) is 16.4. The molecule has 0 aliphatic rings. The highest BCUT2D eigenvalue weighted by Crippen LogP contribution is 2.32. The zero-order valence-corrected chi connectivity index (χ0v) is 12.6. The van der Waals surface area contributed by atoms with Crippen LogP contribution in [0.5, 0.6) is 0 Å². The fourth-order valence-corrected chi connectivity index (χ4v) is 2.82. The Morgan fingerprint density at radius 1 is 1.06 bits per heavy atom. The van der Waals surface area contributed by atoms with Gasteiger partial charge in [0.1, 0.15) is 0 Å². The molecule has 0 atom stereocenters. The fourth-order valence-electron chi connectivity index (χ4n) is 2.10. The molecule has 0 N–H and O–H groups in total. The van der Waals surface area contributed by atoms with E-state index >= 15 is 0 Å². The van der Waals surface area contributed by atoms with Crippen LogP contribution in [0.4, 0.5) is 0 Å². The lowest BCUT2D eigenvalue weighted by molar-refractivity contribution is 0.0350. The number of hydrogen-bond donors (Lipinski definition) is 0. The average molecular weight is 295 g/mol. The van der Waals surface area contributed by atoms with Gasteiger partial charge in [0.05, 0.1) is 6.61 Å². The Balaban J connectivity index is 3.89. The molecule has 0 aromatic rings. The van der Waals surface area contributed by atoms with Gasteiger partial charge >= 0.3 is 0 Å². The molecule has 0 bridgehead atoms. The Kier molecular flexibility index (Phi) is 10.8. The van der Waals surface area contributed by atoms with Crippen LogP contribution in [0.1, 0.15) is 46.0 Å². The number of ether oxygens (including phenoxy) is 2. The third kappa shape index (κ3) is 6.87. The molecule has 0 aliphatic heterocycles. The van der Waals surface area contributed by atoms with Gasteiger partial charge in [-0.2, -0.15) is 0 Å². The van der Waals surface area contributed by atoms with Crippen molar-refractivity contribution in [2.75, 3.05) is 32.3 Å². The van der Waals surface area contributed by atoms with Crippen LogP contribution in [0.25, 0.3) is 0 Å². The summed E-state index contributed by atoms with van der Waals surface area (Å²) in [6, 6.07) is 0. The molecule has 0 aromatic heterocycles. The number of rotatable bonds is 11. The highest BCUT2D eigenvalue weighted by molar-refractivity contribution is 9.09. The summed E-state index contributed by atoms with van der Waals surface area (Å²) < 4.78 is 10.8. The molecule has 0 saturated carbocycles. The maximum atomic E-state index is 5.79. The van der Waals surface area contributed by atoms with Crippen LogP contribution in [-0.4, -0.2) is 32.3 Å². The van der Waals surface area contributed by atoms with Gasteiger partial charge in [0.15, 0.2) is 0 Å². The number of alkyl halides is 1. The minimum Gasteiger partial charge on any atom is -0.385 e. The van der Waals surface area contributed by atoms with Crippen molar-refractivity contribution in [1.82, 2.24) is 0 Å². The van der Waals surface area contributed by atoms with Crippen molar-refractivity contribution in [1.29, 1.82) is 0 Å². The molecular weight excluding hydrogens is 268 g/mol. The third-order valence-corrected chi connectivity index (χ3v) is 4.08. The van der Waals surface area contributed by atoms with Gasteiger partial charge in [-0.3, -0.25) is 0 Å². The summed E-state index contributed by atoms with van der Waals surface area (Å²) in [5, 5.41) is 1.05. The Bertz CT molecular complexity index is 145. The minimum absolute atomic E-state index is 0.344. The first-order valence-corrected chi connectivity index (χ1v) is 7.49. The fraction of sp³-hybridized carbons (Fsp3) is 1.00. The summed E-state index contributed by atoms with van der Waals surface area (Å²) in [6.45, 7) is 6.98. The quantitative estimate of drug-likeness (QED) is 0.423.